The zero-order valence-corrected chi connectivity index (χ0v) is 15.3. The maximum atomic E-state index is 12.3. The number of unbranched alkanes of at least 4 members (excludes halogenated alkanes) is 1. The summed E-state index contributed by atoms with van der Waals surface area (Å²) in [5.74, 6) is 0.986. The van der Waals surface area contributed by atoms with E-state index in [0.29, 0.717) is 11.7 Å². The molecule has 1 atom stereocenters. The fourth-order valence-corrected chi connectivity index (χ4v) is 3.65. The second-order valence-corrected chi connectivity index (χ2v) is 7.66. The third-order valence-electron chi connectivity index (χ3n) is 4.23. The Kier molecular flexibility index (Phi) is 6.85. The normalized spacial score (nSPS) is 12.8. The standard InChI is InChI=1S/C20H26O3S/c1-3-5-9-17(4-2)16-18-12-14-20(15-13-18)24(21,22)23-19-10-7-6-8-11-19/h6-8,10-15,17H,3-5,9,16H2,1-2H3. The molecule has 0 aliphatic heterocycles. The summed E-state index contributed by atoms with van der Waals surface area (Å²) in [6.07, 6.45) is 5.83. The van der Waals surface area contributed by atoms with Gasteiger partial charge in [0.25, 0.3) is 0 Å². The molecule has 0 amide bonds. The molecule has 0 aliphatic carbocycles. The van der Waals surface area contributed by atoms with Gasteiger partial charge in [0.1, 0.15) is 10.6 Å². The number of rotatable bonds is 9. The second kappa shape index (κ2) is 8.88. The van der Waals surface area contributed by atoms with Crippen molar-refractivity contribution >= 4 is 10.1 Å². The van der Waals surface area contributed by atoms with Gasteiger partial charge < -0.3 is 4.18 Å². The molecule has 24 heavy (non-hydrogen) atoms. The molecule has 0 radical (unpaired) electrons. The summed E-state index contributed by atoms with van der Waals surface area (Å²) in [6, 6.07) is 15.6. The summed E-state index contributed by atoms with van der Waals surface area (Å²) in [5.41, 5.74) is 1.18. The van der Waals surface area contributed by atoms with E-state index in [-0.39, 0.29) is 4.90 Å². The Labute approximate surface area is 145 Å². The summed E-state index contributed by atoms with van der Waals surface area (Å²) in [7, 11) is -3.78. The zero-order valence-electron chi connectivity index (χ0n) is 14.4. The van der Waals surface area contributed by atoms with Crippen LogP contribution >= 0.6 is 0 Å². The van der Waals surface area contributed by atoms with E-state index in [4.69, 9.17) is 4.18 Å². The molecule has 2 aromatic rings. The predicted molar refractivity (Wildman–Crippen MR) is 97.7 cm³/mol. The fraction of sp³-hybridized carbons (Fsp3) is 0.400. The molecular weight excluding hydrogens is 320 g/mol. The van der Waals surface area contributed by atoms with Crippen LogP contribution in [0.1, 0.15) is 45.1 Å². The average molecular weight is 346 g/mol. The van der Waals surface area contributed by atoms with Gasteiger partial charge in [-0.25, -0.2) is 0 Å². The Morgan fingerprint density at radius 3 is 2.21 bits per heavy atom. The minimum atomic E-state index is -3.78. The highest BCUT2D eigenvalue weighted by molar-refractivity contribution is 7.87. The van der Waals surface area contributed by atoms with E-state index in [1.807, 2.05) is 18.2 Å². The Morgan fingerprint density at radius 2 is 1.62 bits per heavy atom. The van der Waals surface area contributed by atoms with E-state index in [1.54, 1.807) is 36.4 Å². The van der Waals surface area contributed by atoms with Crippen molar-refractivity contribution in [2.45, 2.75) is 50.8 Å². The highest BCUT2D eigenvalue weighted by Crippen LogP contribution is 2.22. The second-order valence-electron chi connectivity index (χ2n) is 6.12. The van der Waals surface area contributed by atoms with Gasteiger partial charge in [0, 0.05) is 0 Å². The maximum Gasteiger partial charge on any atom is 0.339 e. The molecule has 0 bridgehead atoms. The van der Waals surface area contributed by atoms with Crippen LogP contribution in [0.5, 0.6) is 5.75 Å². The third kappa shape index (κ3) is 5.38. The molecule has 0 saturated carbocycles. The van der Waals surface area contributed by atoms with E-state index < -0.39 is 10.1 Å². The molecule has 0 saturated heterocycles. The van der Waals surface area contributed by atoms with Crippen LogP contribution in [0.2, 0.25) is 0 Å². The van der Waals surface area contributed by atoms with Crippen molar-refractivity contribution in [3.63, 3.8) is 0 Å². The van der Waals surface area contributed by atoms with Gasteiger partial charge >= 0.3 is 10.1 Å². The summed E-state index contributed by atoms with van der Waals surface area (Å²) < 4.78 is 29.8. The van der Waals surface area contributed by atoms with Crippen LogP contribution < -0.4 is 4.18 Å². The van der Waals surface area contributed by atoms with Crippen LogP contribution in [0.3, 0.4) is 0 Å². The van der Waals surface area contributed by atoms with Gasteiger partial charge in [-0.2, -0.15) is 8.42 Å². The van der Waals surface area contributed by atoms with Gasteiger partial charge in [-0.3, -0.25) is 0 Å². The van der Waals surface area contributed by atoms with Crippen LogP contribution in [0.15, 0.2) is 59.5 Å². The summed E-state index contributed by atoms with van der Waals surface area (Å²) in [5, 5.41) is 0. The topological polar surface area (TPSA) is 43.4 Å². The molecule has 130 valence electrons. The van der Waals surface area contributed by atoms with E-state index >= 15 is 0 Å². The zero-order chi connectivity index (χ0) is 17.4. The molecule has 2 aromatic carbocycles. The molecule has 1 unspecified atom stereocenters. The van der Waals surface area contributed by atoms with Crippen LogP contribution in [0, 0.1) is 5.92 Å². The Bertz CT molecular complexity index is 706. The van der Waals surface area contributed by atoms with Crippen LogP contribution in [0.25, 0.3) is 0 Å². The first-order valence-electron chi connectivity index (χ1n) is 8.63. The SMILES string of the molecule is CCCCC(CC)Cc1ccc(S(=O)(=O)Oc2ccccc2)cc1. The first-order chi connectivity index (χ1) is 11.5. The average Bonchev–Trinajstić information content (AvgIpc) is 2.59. The quantitative estimate of drug-likeness (QED) is 0.585. The van der Waals surface area contributed by atoms with Crippen molar-refractivity contribution in [1.82, 2.24) is 0 Å². The highest BCUT2D eigenvalue weighted by Gasteiger charge is 2.16. The highest BCUT2D eigenvalue weighted by atomic mass is 32.2. The van der Waals surface area contributed by atoms with Crippen molar-refractivity contribution in [3.8, 4) is 5.75 Å². The van der Waals surface area contributed by atoms with Crippen LogP contribution in [-0.4, -0.2) is 8.42 Å². The lowest BCUT2D eigenvalue weighted by molar-refractivity contribution is 0.449. The van der Waals surface area contributed by atoms with Gasteiger partial charge in [0.05, 0.1) is 0 Å². The molecular formula is C20H26O3S. The molecule has 0 fully saturated rings. The smallest absolute Gasteiger partial charge is 0.339 e. The third-order valence-corrected chi connectivity index (χ3v) is 5.49. The molecule has 0 spiro atoms. The molecule has 4 heteroatoms. The molecule has 0 aromatic heterocycles. The first kappa shape index (κ1) is 18.5. The minimum absolute atomic E-state index is 0.191. The molecule has 3 nitrogen and oxygen atoms in total. The van der Waals surface area contributed by atoms with E-state index in [2.05, 4.69) is 13.8 Å². The predicted octanol–water partition coefficient (Wildman–Crippen LogP) is 5.21. The molecule has 0 aliphatic rings. The lowest BCUT2D eigenvalue weighted by atomic mass is 9.92. The lowest BCUT2D eigenvalue weighted by Gasteiger charge is -2.14. The van der Waals surface area contributed by atoms with Crippen molar-refractivity contribution in [3.05, 3.63) is 60.2 Å². The summed E-state index contributed by atoms with van der Waals surface area (Å²) in [4.78, 5) is 0.191. The van der Waals surface area contributed by atoms with Gasteiger partial charge in [0.2, 0.25) is 0 Å². The van der Waals surface area contributed by atoms with Crippen molar-refractivity contribution < 1.29 is 12.6 Å². The number of para-hydroxylation sites is 1. The Balaban J connectivity index is 2.05. The summed E-state index contributed by atoms with van der Waals surface area (Å²) >= 11 is 0. The maximum absolute atomic E-state index is 12.3. The van der Waals surface area contributed by atoms with Gasteiger partial charge in [-0.1, -0.05) is 69.9 Å². The van der Waals surface area contributed by atoms with Crippen molar-refractivity contribution in [2.24, 2.45) is 5.92 Å². The van der Waals surface area contributed by atoms with Crippen LogP contribution in [0.4, 0.5) is 0 Å². The molecule has 2 rings (SSSR count). The molecule has 0 N–H and O–H groups in total. The monoisotopic (exact) mass is 346 g/mol. The fourth-order valence-electron chi connectivity index (χ4n) is 2.72. The van der Waals surface area contributed by atoms with Crippen molar-refractivity contribution in [2.75, 3.05) is 0 Å². The van der Waals surface area contributed by atoms with Gasteiger partial charge in [-0.15, -0.1) is 0 Å². The minimum Gasteiger partial charge on any atom is -0.379 e. The van der Waals surface area contributed by atoms with E-state index in [1.165, 1.54) is 24.8 Å². The van der Waals surface area contributed by atoms with Gasteiger partial charge in [0.15, 0.2) is 0 Å². The number of hydrogen-bond acceptors (Lipinski definition) is 3. The first-order valence-corrected chi connectivity index (χ1v) is 10.0. The van der Waals surface area contributed by atoms with Crippen molar-refractivity contribution in [1.29, 1.82) is 0 Å². The van der Waals surface area contributed by atoms with Gasteiger partial charge in [-0.05, 0) is 42.2 Å². The Morgan fingerprint density at radius 1 is 0.958 bits per heavy atom. The number of benzene rings is 2. The summed E-state index contributed by atoms with van der Waals surface area (Å²) in [6.45, 7) is 4.42. The van der Waals surface area contributed by atoms with E-state index in [0.717, 1.165) is 12.8 Å². The molecule has 0 heterocycles. The largest absolute Gasteiger partial charge is 0.379 e. The van der Waals surface area contributed by atoms with Crippen LogP contribution in [-0.2, 0) is 16.5 Å². The number of hydrogen-bond donors (Lipinski definition) is 0. The lowest BCUT2D eigenvalue weighted by Crippen LogP contribution is -2.10. The Hall–Kier alpha value is -1.81. The van der Waals surface area contributed by atoms with E-state index in [9.17, 15) is 8.42 Å².